The molecule has 29 heteroatoms. The largest absolute Gasteiger partial charge is 0.507 e. The lowest BCUT2D eigenvalue weighted by molar-refractivity contribution is -0.162. The fraction of sp³-hybridized carbons (Fsp3) is 0.469. The van der Waals surface area contributed by atoms with E-state index in [2.05, 4.69) is 29.4 Å². The molecule has 1 aromatic heterocycles. The summed E-state index contributed by atoms with van der Waals surface area (Å²) < 4.78 is 59.6. The van der Waals surface area contributed by atoms with Gasteiger partial charge in [0, 0.05) is 117 Å². The molecule has 0 unspecified atom stereocenters. The summed E-state index contributed by atoms with van der Waals surface area (Å²) >= 11 is 0. The van der Waals surface area contributed by atoms with Crippen LogP contribution in [0.3, 0.4) is 0 Å². The van der Waals surface area contributed by atoms with E-state index in [0.717, 1.165) is 31.8 Å². The van der Waals surface area contributed by atoms with Crippen molar-refractivity contribution in [1.29, 1.82) is 0 Å². The van der Waals surface area contributed by atoms with Crippen LogP contribution in [0.2, 0.25) is 0 Å². The van der Waals surface area contributed by atoms with E-state index in [9.17, 15) is 72.8 Å². The molecule has 0 radical (unpaired) electrons. The van der Waals surface area contributed by atoms with Crippen molar-refractivity contribution in [2.24, 2.45) is 23.7 Å². The van der Waals surface area contributed by atoms with Gasteiger partial charge < -0.3 is 78.5 Å². The minimum atomic E-state index is -5.27. The van der Waals surface area contributed by atoms with Gasteiger partial charge >= 0.3 is 38.9 Å². The number of fused-ring (bicyclic) bond motifs is 14. The molecule has 0 saturated carbocycles. The molecule has 4 aliphatic heterocycles. The topological polar surface area (TPSA) is 398 Å². The second-order valence-corrected chi connectivity index (χ2v) is 28.2. The standard InChI is InChI=1S/C64H79N5O22P2/c1-33(2)32-68-24-26-69(27-25-68)42-30-43(71)52-45(31-42)89-60-53(66-52)49-50-56(76)38(7)59-51(49)61(78)64(9,91-59)87-29-11-10-16-44(88-39(8)70)36(5)55(75)37(6)58(34(3)14-12-15-35(4)62(79)67-54(60)57(50)77)90-48(74)17-13-28-86-47(73)23-22-46(72)65-41-20-18-40(19-21-41)63(92(80,81)82)93(83,84)85/h11-12,14-15,18-21,29-31,33-34,36-37,44,55,58,63,75-76,78H,10,13,16-17,22-28,32H2,1-9H3,(H,65,72)(H,67,79)(H2,80,81,82)(H2,83,84,85)/b14-12+,29-11+,35-15-/t34-,36-,37-,44+,55-,58-,64-/m0/s1. The normalized spacial score (nSPS) is 23.3. The van der Waals surface area contributed by atoms with Crippen LogP contribution in [0.1, 0.15) is 110 Å². The van der Waals surface area contributed by atoms with Crippen LogP contribution in [0, 0.1) is 30.6 Å². The minimum absolute atomic E-state index is 0.0164. The molecule has 9 N–H and O–H groups in total. The number of nitrogens with zero attached hydrogens (tertiary/aromatic N) is 3. The molecule has 4 aromatic carbocycles. The lowest BCUT2D eigenvalue weighted by Gasteiger charge is -2.36. The fourth-order valence-electron chi connectivity index (χ4n) is 11.8. The predicted octanol–water partition coefficient (Wildman–Crippen LogP) is 7.11. The highest BCUT2D eigenvalue weighted by Crippen LogP contribution is 2.69. The third kappa shape index (κ3) is 16.3. The Balaban J connectivity index is 1.06. The van der Waals surface area contributed by atoms with Crippen molar-refractivity contribution in [1.82, 2.24) is 9.88 Å². The molecule has 0 spiro atoms. The van der Waals surface area contributed by atoms with Crippen LogP contribution in [0.4, 0.5) is 17.1 Å². The molecule has 2 amide bonds. The zero-order chi connectivity index (χ0) is 68.2. The summed E-state index contributed by atoms with van der Waals surface area (Å²) in [6, 6.07) is 7.51. The number of ether oxygens (including phenoxy) is 5. The molecule has 1 fully saturated rings. The van der Waals surface area contributed by atoms with E-state index in [1.807, 2.05) is 4.90 Å². The van der Waals surface area contributed by atoms with Gasteiger partial charge in [0.2, 0.25) is 16.8 Å². The molecular formula is C64H79N5O22P2. The molecule has 5 aromatic rings. The zero-order valence-electron chi connectivity index (χ0n) is 52.9. The monoisotopic (exact) mass is 1330 g/mol. The average Bonchev–Trinajstić information content (AvgIpc) is 1.65. The van der Waals surface area contributed by atoms with Crippen molar-refractivity contribution in [2.45, 2.75) is 130 Å². The quantitative estimate of drug-likeness (QED) is 0.0119. The molecule has 502 valence electrons. The van der Waals surface area contributed by atoms with Gasteiger partial charge in [0.15, 0.2) is 27.8 Å². The molecule has 5 bridgehead atoms. The molecule has 27 nitrogen and oxygen atoms in total. The Kier molecular flexibility index (Phi) is 22.2. The number of nitrogens with one attached hydrogen (secondary N) is 2. The number of aromatic nitrogens is 1. The number of phenolic OH excluding ortho intramolecular Hbond substituents is 1. The molecular weight excluding hydrogens is 1250 g/mol. The number of aliphatic hydroxyl groups is 2. The first kappa shape index (κ1) is 70.9. The lowest BCUT2D eigenvalue weighted by atomic mass is 9.81. The number of piperazine rings is 1. The summed E-state index contributed by atoms with van der Waals surface area (Å²) in [5, 5.41) is 38.4. The maximum atomic E-state index is 15.1. The van der Waals surface area contributed by atoms with E-state index < -0.39 is 127 Å². The van der Waals surface area contributed by atoms with Gasteiger partial charge in [-0.15, -0.1) is 0 Å². The van der Waals surface area contributed by atoms with Crippen LogP contribution in [-0.2, 0) is 52.1 Å². The first-order valence-corrected chi connectivity index (χ1v) is 33.8. The Morgan fingerprint density at radius 3 is 2.20 bits per heavy atom. The number of allylic oxidation sites excluding steroid dienone is 3. The maximum absolute atomic E-state index is 15.1. The Hall–Kier alpha value is -8.00. The van der Waals surface area contributed by atoms with Gasteiger partial charge in [-0.1, -0.05) is 65.0 Å². The van der Waals surface area contributed by atoms with Crippen LogP contribution in [-0.4, -0.2) is 138 Å². The maximum Gasteiger partial charge on any atom is 0.345 e. The van der Waals surface area contributed by atoms with E-state index >= 15 is 4.79 Å². The number of anilines is 3. The van der Waals surface area contributed by atoms with Gasteiger partial charge in [-0.25, -0.2) is 4.98 Å². The lowest BCUT2D eigenvalue weighted by Crippen LogP contribution is -2.47. The van der Waals surface area contributed by atoms with Crippen molar-refractivity contribution in [3.63, 3.8) is 0 Å². The van der Waals surface area contributed by atoms with Crippen LogP contribution >= 0.6 is 15.2 Å². The highest BCUT2D eigenvalue weighted by molar-refractivity contribution is 7.70. The van der Waals surface area contributed by atoms with Crippen molar-refractivity contribution >= 4 is 101 Å². The summed E-state index contributed by atoms with van der Waals surface area (Å²) in [7, 11) is -10.5. The second-order valence-electron chi connectivity index (χ2n) is 24.4. The number of benzene rings is 4. The molecule has 0 aliphatic carbocycles. The number of carbonyl (C=O) groups excluding carboxylic acids is 5. The Morgan fingerprint density at radius 1 is 0.882 bits per heavy atom. The third-order valence-electron chi connectivity index (χ3n) is 16.7. The van der Waals surface area contributed by atoms with E-state index in [4.69, 9.17) is 33.1 Å². The molecule has 1 saturated heterocycles. The minimum Gasteiger partial charge on any atom is -0.507 e. The molecule has 9 rings (SSSR count). The molecule has 93 heavy (non-hydrogen) atoms. The third-order valence-corrected chi connectivity index (χ3v) is 20.4. The summed E-state index contributed by atoms with van der Waals surface area (Å²) in [4.78, 5) is 142. The first-order chi connectivity index (χ1) is 43.7. The number of rotatable bonds is 16. The molecule has 5 heterocycles. The number of esters is 3. The van der Waals surface area contributed by atoms with E-state index in [1.54, 1.807) is 39.0 Å². The summed E-state index contributed by atoms with van der Waals surface area (Å²) in [6.45, 7) is 18.2. The zero-order valence-corrected chi connectivity index (χ0v) is 54.7. The number of amides is 2. The van der Waals surface area contributed by atoms with Gasteiger partial charge in [-0.2, -0.15) is 0 Å². The number of hydrogen-bond donors (Lipinski definition) is 9. The van der Waals surface area contributed by atoms with Crippen molar-refractivity contribution in [2.75, 3.05) is 54.9 Å². The smallest absolute Gasteiger partial charge is 0.345 e. The van der Waals surface area contributed by atoms with Gasteiger partial charge in [0.1, 0.15) is 34.9 Å². The average molecular weight is 1330 g/mol. The Morgan fingerprint density at radius 2 is 1.56 bits per heavy atom. The summed E-state index contributed by atoms with van der Waals surface area (Å²) in [5.41, 5.74) is -2.20. The number of aromatic hydroxyl groups is 1. The van der Waals surface area contributed by atoms with Crippen LogP contribution in [0.25, 0.3) is 38.7 Å². The van der Waals surface area contributed by atoms with Gasteiger partial charge in [-0.05, 0) is 62.8 Å². The second kappa shape index (κ2) is 29.1. The molecule has 4 aliphatic rings. The number of carbonyl (C=O) groups is 5. The number of phenols is 1. The Labute approximate surface area is 534 Å². The van der Waals surface area contributed by atoms with Crippen molar-refractivity contribution in [3.05, 3.63) is 109 Å². The fourth-order valence-corrected chi connectivity index (χ4v) is 14.5. The van der Waals surface area contributed by atoms with Crippen LogP contribution in [0.15, 0.2) is 86.5 Å². The number of aliphatic hydroxyl groups excluding tert-OH is 2. The van der Waals surface area contributed by atoms with Crippen LogP contribution < -0.4 is 36.3 Å². The summed E-state index contributed by atoms with van der Waals surface area (Å²) in [5.74, 6) is -8.75. The Bertz CT molecular complexity index is 4070. The van der Waals surface area contributed by atoms with E-state index in [-0.39, 0.29) is 105 Å². The molecule has 7 atom stereocenters. The predicted molar refractivity (Wildman–Crippen MR) is 343 cm³/mol. The van der Waals surface area contributed by atoms with Crippen LogP contribution in [0.5, 0.6) is 11.5 Å². The van der Waals surface area contributed by atoms with Crippen molar-refractivity contribution in [3.8, 4) is 11.5 Å². The number of hydrogen-bond acceptors (Lipinski definition) is 21. The van der Waals surface area contributed by atoms with E-state index in [0.29, 0.717) is 24.7 Å². The van der Waals surface area contributed by atoms with E-state index in [1.165, 1.54) is 64.3 Å². The van der Waals surface area contributed by atoms with Gasteiger partial charge in [0.25, 0.3) is 5.91 Å². The van der Waals surface area contributed by atoms with Gasteiger partial charge in [0.05, 0.1) is 36.0 Å². The van der Waals surface area contributed by atoms with Crippen molar-refractivity contribution < 1.29 is 96.1 Å². The summed E-state index contributed by atoms with van der Waals surface area (Å²) in [6.07, 6.45) is 3.32. The van der Waals surface area contributed by atoms with Gasteiger partial charge in [-0.3, -0.25) is 47.6 Å². The first-order valence-electron chi connectivity index (χ1n) is 30.4. The SMILES string of the molecule is CC(=O)O[C@@H]1CC/C=C/O[C@@]2(C)Oc3c(C)c(O)c4c(=O)c(c5oc6cc(N7CCN(CC(C)C)CC7)cc(=O)c6nc5c4c3=C2O)NC(=O)/C(C)=C\C=C\[C@H](C)[C@H](OC(=O)CCCOC(=O)CCC(=O)Nc2ccc(C(P(=O)(O)O)P(=O)(O)O)cc2)[C@@H](C)[C@@H](O)[C@H]1C. The highest BCUT2D eigenvalue weighted by atomic mass is 31.2. The highest BCUT2D eigenvalue weighted by Gasteiger charge is 2.46.